The summed E-state index contributed by atoms with van der Waals surface area (Å²) < 4.78 is 11.4. The van der Waals surface area contributed by atoms with Gasteiger partial charge in [-0.05, 0) is 72.5 Å². The SMILES string of the molecule is COC(=O)c1ccc(C2/C(=C(\O)c3ccc(OCc4ccccc4C)cc3)C(=O)C(=O)N2c2nnc(SCc3ccc(C)cc3)s2)cc1. The van der Waals surface area contributed by atoms with Crippen LogP contribution in [-0.2, 0) is 26.7 Å². The lowest BCUT2D eigenvalue weighted by atomic mass is 9.94. The highest BCUT2D eigenvalue weighted by molar-refractivity contribution is 8.00. The number of hydrogen-bond donors (Lipinski definition) is 1. The Morgan fingerprint density at radius 3 is 2.27 bits per heavy atom. The van der Waals surface area contributed by atoms with Gasteiger partial charge in [0.2, 0.25) is 5.13 Å². The van der Waals surface area contributed by atoms with E-state index in [1.807, 2.05) is 62.4 Å². The van der Waals surface area contributed by atoms with Crippen LogP contribution >= 0.6 is 23.1 Å². The van der Waals surface area contributed by atoms with E-state index in [2.05, 4.69) is 10.2 Å². The second-order valence-corrected chi connectivity index (χ2v) is 13.3. The van der Waals surface area contributed by atoms with Crippen molar-refractivity contribution in [2.24, 2.45) is 0 Å². The van der Waals surface area contributed by atoms with Crippen LogP contribution in [0.5, 0.6) is 5.75 Å². The van der Waals surface area contributed by atoms with Crippen molar-refractivity contribution in [1.82, 2.24) is 10.2 Å². The molecular formula is C37H31N3O6S2. The highest BCUT2D eigenvalue weighted by Crippen LogP contribution is 2.44. The molecule has 6 rings (SSSR count). The highest BCUT2D eigenvalue weighted by atomic mass is 32.2. The number of anilines is 1. The van der Waals surface area contributed by atoms with Crippen LogP contribution in [0.1, 0.15) is 49.8 Å². The average molecular weight is 678 g/mol. The monoisotopic (exact) mass is 677 g/mol. The lowest BCUT2D eigenvalue weighted by Gasteiger charge is -2.22. The fourth-order valence-electron chi connectivity index (χ4n) is 5.25. The van der Waals surface area contributed by atoms with Crippen LogP contribution in [0, 0.1) is 13.8 Å². The Labute approximate surface area is 285 Å². The fourth-order valence-corrected chi connectivity index (χ4v) is 7.07. The topological polar surface area (TPSA) is 119 Å². The van der Waals surface area contributed by atoms with Crippen molar-refractivity contribution in [3.05, 3.63) is 142 Å². The molecule has 1 aliphatic rings. The largest absolute Gasteiger partial charge is 0.507 e. The van der Waals surface area contributed by atoms with E-state index in [-0.39, 0.29) is 16.5 Å². The molecule has 2 heterocycles. The molecule has 1 aromatic heterocycles. The van der Waals surface area contributed by atoms with E-state index in [1.165, 1.54) is 40.7 Å². The molecule has 5 aromatic rings. The fraction of sp³-hybridized carbons (Fsp3) is 0.162. The van der Waals surface area contributed by atoms with Gasteiger partial charge < -0.3 is 14.6 Å². The smallest absolute Gasteiger partial charge is 0.337 e. The summed E-state index contributed by atoms with van der Waals surface area (Å²) in [5.41, 5.74) is 5.46. The maximum Gasteiger partial charge on any atom is 0.337 e. The summed E-state index contributed by atoms with van der Waals surface area (Å²) in [6, 6.07) is 28.1. The molecule has 1 aliphatic heterocycles. The van der Waals surface area contributed by atoms with Gasteiger partial charge in [-0.15, -0.1) is 10.2 Å². The molecular weight excluding hydrogens is 647 g/mol. The Morgan fingerprint density at radius 2 is 1.58 bits per heavy atom. The van der Waals surface area contributed by atoms with Crippen LogP contribution in [0.2, 0.25) is 0 Å². The van der Waals surface area contributed by atoms with E-state index in [0.29, 0.717) is 39.1 Å². The van der Waals surface area contributed by atoms with Gasteiger partial charge in [0.25, 0.3) is 5.78 Å². The molecule has 0 bridgehead atoms. The van der Waals surface area contributed by atoms with Gasteiger partial charge in [0, 0.05) is 11.3 Å². The minimum absolute atomic E-state index is 0.108. The van der Waals surface area contributed by atoms with Gasteiger partial charge in [0.05, 0.1) is 24.3 Å². The molecule has 242 valence electrons. The zero-order chi connectivity index (χ0) is 33.8. The number of rotatable bonds is 10. The van der Waals surface area contributed by atoms with Crippen molar-refractivity contribution in [2.45, 2.75) is 36.6 Å². The van der Waals surface area contributed by atoms with E-state index >= 15 is 0 Å². The molecule has 0 saturated carbocycles. The summed E-state index contributed by atoms with van der Waals surface area (Å²) in [6.07, 6.45) is 0. The Morgan fingerprint density at radius 1 is 0.896 bits per heavy atom. The number of aliphatic hydroxyl groups excluding tert-OH is 1. The Hall–Kier alpha value is -5.26. The van der Waals surface area contributed by atoms with Crippen LogP contribution in [-0.4, -0.2) is 40.1 Å². The number of Topliss-reactive ketones (excluding diaryl/α,β-unsaturated/α-hetero) is 1. The number of nitrogens with zero attached hydrogens (tertiary/aromatic N) is 3. The van der Waals surface area contributed by atoms with Crippen molar-refractivity contribution in [2.75, 3.05) is 12.0 Å². The van der Waals surface area contributed by atoms with Gasteiger partial charge >= 0.3 is 11.9 Å². The van der Waals surface area contributed by atoms with E-state index in [0.717, 1.165) is 16.7 Å². The Balaban J connectivity index is 1.32. The zero-order valence-electron chi connectivity index (χ0n) is 26.4. The number of esters is 1. The first-order chi connectivity index (χ1) is 23.2. The molecule has 0 radical (unpaired) electrons. The van der Waals surface area contributed by atoms with Crippen LogP contribution in [0.25, 0.3) is 5.76 Å². The lowest BCUT2D eigenvalue weighted by molar-refractivity contribution is -0.132. The Kier molecular flexibility index (Phi) is 9.70. The second kappa shape index (κ2) is 14.2. The molecule has 1 atom stereocenters. The van der Waals surface area contributed by atoms with Crippen LogP contribution in [0.4, 0.5) is 5.13 Å². The normalized spacial score (nSPS) is 15.5. The number of ether oxygens (including phenoxy) is 2. The summed E-state index contributed by atoms with van der Waals surface area (Å²) in [7, 11) is 1.29. The molecule has 0 aliphatic carbocycles. The number of aryl methyl sites for hydroxylation is 2. The number of ketones is 1. The first kappa shape index (κ1) is 32.7. The molecule has 1 fully saturated rings. The standard InChI is InChI=1S/C37H31N3O6S2/c1-22-8-10-24(11-9-22)21-47-37-39-38-36(48-37)40-31(25-12-14-27(15-13-25)35(44)45-3)30(33(42)34(40)43)32(41)26-16-18-29(19-17-26)46-20-28-7-5-4-6-23(28)2/h4-19,31,41H,20-21H2,1-3H3/b32-30+. The number of carbonyl (C=O) groups is 3. The van der Waals surface area contributed by atoms with Crippen molar-refractivity contribution in [3.63, 3.8) is 0 Å². The van der Waals surface area contributed by atoms with E-state index in [4.69, 9.17) is 9.47 Å². The van der Waals surface area contributed by atoms with Gasteiger partial charge in [-0.25, -0.2) is 4.79 Å². The number of amides is 1. The van der Waals surface area contributed by atoms with Gasteiger partial charge in [-0.3, -0.25) is 14.5 Å². The van der Waals surface area contributed by atoms with Gasteiger partial charge in [-0.1, -0.05) is 89.3 Å². The summed E-state index contributed by atoms with van der Waals surface area (Å²) in [5.74, 6) is -1.35. The number of aliphatic hydroxyl groups is 1. The summed E-state index contributed by atoms with van der Waals surface area (Å²) in [6.45, 7) is 4.42. The molecule has 1 N–H and O–H groups in total. The van der Waals surface area contributed by atoms with Crippen LogP contribution < -0.4 is 9.64 Å². The van der Waals surface area contributed by atoms with Gasteiger partial charge in [0.1, 0.15) is 18.1 Å². The number of carbonyl (C=O) groups excluding carboxylic acids is 3. The number of hydrogen-bond acceptors (Lipinski definition) is 10. The van der Waals surface area contributed by atoms with Crippen molar-refractivity contribution in [1.29, 1.82) is 0 Å². The first-order valence-corrected chi connectivity index (χ1v) is 16.8. The summed E-state index contributed by atoms with van der Waals surface area (Å²) in [4.78, 5) is 40.7. The third-order valence-corrected chi connectivity index (χ3v) is 10.1. The molecule has 1 amide bonds. The van der Waals surface area contributed by atoms with Gasteiger partial charge in [-0.2, -0.15) is 0 Å². The molecule has 0 spiro atoms. The van der Waals surface area contributed by atoms with Gasteiger partial charge in [0.15, 0.2) is 4.34 Å². The second-order valence-electron chi connectivity index (χ2n) is 11.1. The minimum atomic E-state index is -1.03. The maximum atomic E-state index is 13.7. The number of methoxy groups -OCH3 is 1. The number of benzene rings is 4. The third-order valence-electron chi connectivity index (χ3n) is 7.96. The maximum absolute atomic E-state index is 13.7. The summed E-state index contributed by atoms with van der Waals surface area (Å²) >= 11 is 2.65. The molecule has 1 unspecified atom stereocenters. The van der Waals surface area contributed by atoms with Crippen LogP contribution in [0.3, 0.4) is 0 Å². The molecule has 1 saturated heterocycles. The number of thioether (sulfide) groups is 1. The quantitative estimate of drug-likeness (QED) is 0.0402. The van der Waals surface area contributed by atoms with E-state index < -0.39 is 23.7 Å². The molecule has 4 aromatic carbocycles. The van der Waals surface area contributed by atoms with Crippen molar-refractivity contribution in [3.8, 4) is 5.75 Å². The zero-order valence-corrected chi connectivity index (χ0v) is 28.0. The minimum Gasteiger partial charge on any atom is -0.507 e. The van der Waals surface area contributed by atoms with E-state index in [9.17, 15) is 19.5 Å². The third kappa shape index (κ3) is 6.87. The molecule has 11 heteroatoms. The van der Waals surface area contributed by atoms with E-state index in [1.54, 1.807) is 48.5 Å². The van der Waals surface area contributed by atoms with Crippen molar-refractivity contribution < 1.29 is 29.0 Å². The Bertz CT molecular complexity index is 2000. The highest BCUT2D eigenvalue weighted by Gasteiger charge is 2.48. The van der Waals surface area contributed by atoms with Crippen molar-refractivity contribution >= 4 is 51.6 Å². The number of aromatic nitrogens is 2. The average Bonchev–Trinajstić information content (AvgIpc) is 3.68. The summed E-state index contributed by atoms with van der Waals surface area (Å²) in [5, 5.41) is 20.4. The lowest BCUT2D eigenvalue weighted by Crippen LogP contribution is -2.29. The molecule has 9 nitrogen and oxygen atoms in total. The predicted octanol–water partition coefficient (Wildman–Crippen LogP) is 7.44. The first-order valence-electron chi connectivity index (χ1n) is 15.0. The predicted molar refractivity (Wildman–Crippen MR) is 185 cm³/mol. The van der Waals surface area contributed by atoms with Crippen LogP contribution in [0.15, 0.2) is 107 Å². The molecule has 48 heavy (non-hydrogen) atoms.